The van der Waals surface area contributed by atoms with Gasteiger partial charge in [-0.05, 0) is 57.8 Å². The molecule has 2 heterocycles. The van der Waals surface area contributed by atoms with E-state index in [0.29, 0.717) is 11.8 Å². The molecule has 0 radical (unpaired) electrons. The first kappa shape index (κ1) is 19.5. The van der Waals surface area contributed by atoms with E-state index in [1.165, 1.54) is 31.0 Å². The van der Waals surface area contributed by atoms with Gasteiger partial charge in [0, 0.05) is 18.3 Å². The van der Waals surface area contributed by atoms with Crippen molar-refractivity contribution in [2.45, 2.75) is 56.8 Å². The average molecular weight is 400 g/mol. The standard InChI is InChI=1S/C21H29N5OS/c1-2-25(17-11-12-17)20(27)16-28-21-23-22-19(15-24-13-7-4-8-14-24)26(21)18-9-5-3-6-10-18/h3,5-6,9-10,17H,2,4,7-8,11-16H2,1H3. The van der Waals surface area contributed by atoms with Crippen LogP contribution in [0.3, 0.4) is 0 Å². The molecule has 28 heavy (non-hydrogen) atoms. The van der Waals surface area contributed by atoms with Crippen LogP contribution in [0.1, 0.15) is 44.9 Å². The summed E-state index contributed by atoms with van der Waals surface area (Å²) in [5.74, 6) is 1.58. The minimum Gasteiger partial charge on any atom is -0.339 e. The van der Waals surface area contributed by atoms with Crippen molar-refractivity contribution in [3.05, 3.63) is 36.2 Å². The first-order chi connectivity index (χ1) is 13.8. The van der Waals surface area contributed by atoms with Crippen LogP contribution in [-0.4, -0.2) is 61.9 Å². The lowest BCUT2D eigenvalue weighted by atomic mass is 10.1. The summed E-state index contributed by atoms with van der Waals surface area (Å²) in [6.07, 6.45) is 6.11. The van der Waals surface area contributed by atoms with Crippen molar-refractivity contribution in [2.75, 3.05) is 25.4 Å². The van der Waals surface area contributed by atoms with Gasteiger partial charge in [0.25, 0.3) is 0 Å². The highest BCUT2D eigenvalue weighted by molar-refractivity contribution is 7.99. The second-order valence-electron chi connectivity index (χ2n) is 7.61. The third-order valence-corrected chi connectivity index (χ3v) is 6.42. The molecule has 150 valence electrons. The Morgan fingerprint density at radius 2 is 1.89 bits per heavy atom. The van der Waals surface area contributed by atoms with Crippen molar-refractivity contribution < 1.29 is 4.79 Å². The van der Waals surface area contributed by atoms with Crippen LogP contribution in [-0.2, 0) is 11.3 Å². The van der Waals surface area contributed by atoms with E-state index < -0.39 is 0 Å². The van der Waals surface area contributed by atoms with Gasteiger partial charge in [-0.3, -0.25) is 14.3 Å². The van der Waals surface area contributed by atoms with Gasteiger partial charge in [-0.15, -0.1) is 10.2 Å². The zero-order valence-corrected chi connectivity index (χ0v) is 17.4. The number of para-hydroxylation sites is 1. The van der Waals surface area contributed by atoms with Crippen LogP contribution in [0.15, 0.2) is 35.5 Å². The smallest absolute Gasteiger partial charge is 0.233 e. The lowest BCUT2D eigenvalue weighted by molar-refractivity contribution is -0.128. The minimum atomic E-state index is 0.204. The summed E-state index contributed by atoms with van der Waals surface area (Å²) < 4.78 is 2.12. The van der Waals surface area contributed by atoms with Gasteiger partial charge in [0.2, 0.25) is 5.91 Å². The zero-order chi connectivity index (χ0) is 19.3. The van der Waals surface area contributed by atoms with E-state index in [0.717, 1.165) is 55.7 Å². The molecule has 7 heteroatoms. The Kier molecular flexibility index (Phi) is 6.32. The van der Waals surface area contributed by atoms with E-state index in [1.807, 2.05) is 23.1 Å². The van der Waals surface area contributed by atoms with Gasteiger partial charge < -0.3 is 4.90 Å². The van der Waals surface area contributed by atoms with Crippen molar-refractivity contribution in [1.29, 1.82) is 0 Å². The number of benzene rings is 1. The number of carbonyl (C=O) groups excluding carboxylic acids is 1. The molecule has 2 aliphatic rings. The van der Waals surface area contributed by atoms with Crippen molar-refractivity contribution in [3.63, 3.8) is 0 Å². The summed E-state index contributed by atoms with van der Waals surface area (Å²) in [4.78, 5) is 17.1. The molecular formula is C21H29N5OS. The van der Waals surface area contributed by atoms with Gasteiger partial charge in [-0.2, -0.15) is 0 Å². The maximum Gasteiger partial charge on any atom is 0.233 e. The van der Waals surface area contributed by atoms with Gasteiger partial charge in [0.1, 0.15) is 0 Å². The third-order valence-electron chi connectivity index (χ3n) is 5.50. The van der Waals surface area contributed by atoms with Crippen molar-refractivity contribution in [1.82, 2.24) is 24.6 Å². The number of aromatic nitrogens is 3. The molecule has 1 saturated carbocycles. The zero-order valence-electron chi connectivity index (χ0n) is 16.6. The molecule has 1 amide bonds. The number of hydrogen-bond donors (Lipinski definition) is 0. The van der Waals surface area contributed by atoms with Crippen molar-refractivity contribution >= 4 is 17.7 Å². The topological polar surface area (TPSA) is 54.3 Å². The van der Waals surface area contributed by atoms with E-state index >= 15 is 0 Å². The summed E-state index contributed by atoms with van der Waals surface area (Å²) in [6, 6.07) is 10.7. The van der Waals surface area contributed by atoms with Crippen LogP contribution in [0.2, 0.25) is 0 Å². The van der Waals surface area contributed by atoms with Crippen LogP contribution in [0, 0.1) is 0 Å². The number of nitrogens with zero attached hydrogens (tertiary/aromatic N) is 5. The molecule has 1 saturated heterocycles. The number of hydrogen-bond acceptors (Lipinski definition) is 5. The summed E-state index contributed by atoms with van der Waals surface area (Å²) in [5.41, 5.74) is 1.06. The van der Waals surface area contributed by atoms with Gasteiger partial charge >= 0.3 is 0 Å². The van der Waals surface area contributed by atoms with Crippen LogP contribution in [0.4, 0.5) is 0 Å². The summed E-state index contributed by atoms with van der Waals surface area (Å²) >= 11 is 1.50. The minimum absolute atomic E-state index is 0.204. The van der Waals surface area contributed by atoms with Crippen LogP contribution in [0.25, 0.3) is 5.69 Å². The fourth-order valence-electron chi connectivity index (χ4n) is 3.88. The van der Waals surface area contributed by atoms with Crippen LogP contribution >= 0.6 is 11.8 Å². The number of rotatable bonds is 8. The Labute approximate surface area is 171 Å². The SMILES string of the molecule is CCN(C(=O)CSc1nnc(CN2CCCCC2)n1-c1ccccc1)C1CC1. The molecule has 0 spiro atoms. The Balaban J connectivity index is 1.52. The second kappa shape index (κ2) is 9.09. The monoisotopic (exact) mass is 399 g/mol. The fourth-order valence-corrected chi connectivity index (χ4v) is 4.74. The largest absolute Gasteiger partial charge is 0.339 e. The van der Waals surface area contributed by atoms with Crippen molar-refractivity contribution in [2.24, 2.45) is 0 Å². The van der Waals surface area contributed by atoms with Gasteiger partial charge in [-0.1, -0.05) is 36.4 Å². The number of carbonyl (C=O) groups is 1. The van der Waals surface area contributed by atoms with E-state index in [9.17, 15) is 4.79 Å². The lowest BCUT2D eigenvalue weighted by Gasteiger charge is -2.26. The Bertz CT molecular complexity index is 783. The quantitative estimate of drug-likeness (QED) is 0.637. The van der Waals surface area contributed by atoms with E-state index in [1.54, 1.807) is 0 Å². The Morgan fingerprint density at radius 1 is 1.14 bits per heavy atom. The molecule has 1 aromatic carbocycles. The van der Waals surface area contributed by atoms with Gasteiger partial charge in [-0.25, -0.2) is 0 Å². The van der Waals surface area contributed by atoms with Gasteiger partial charge in [0.05, 0.1) is 12.3 Å². The number of thioether (sulfide) groups is 1. The number of likely N-dealkylation sites (tertiary alicyclic amines) is 1. The highest BCUT2D eigenvalue weighted by atomic mass is 32.2. The van der Waals surface area contributed by atoms with E-state index in [-0.39, 0.29) is 5.91 Å². The highest BCUT2D eigenvalue weighted by Gasteiger charge is 2.31. The normalized spacial score (nSPS) is 17.6. The first-order valence-corrected chi connectivity index (χ1v) is 11.4. The number of amides is 1. The second-order valence-corrected chi connectivity index (χ2v) is 8.55. The van der Waals surface area contributed by atoms with Crippen molar-refractivity contribution in [3.8, 4) is 5.69 Å². The van der Waals surface area contributed by atoms with Gasteiger partial charge in [0.15, 0.2) is 11.0 Å². The third kappa shape index (κ3) is 4.58. The summed E-state index contributed by atoms with van der Waals surface area (Å²) in [7, 11) is 0. The summed E-state index contributed by atoms with van der Waals surface area (Å²) in [5, 5.41) is 9.76. The predicted octanol–water partition coefficient (Wildman–Crippen LogP) is 3.36. The molecular weight excluding hydrogens is 370 g/mol. The Hall–Kier alpha value is -1.86. The molecule has 1 aromatic heterocycles. The molecule has 4 rings (SSSR count). The summed E-state index contributed by atoms with van der Waals surface area (Å²) in [6.45, 7) is 5.89. The highest BCUT2D eigenvalue weighted by Crippen LogP contribution is 2.29. The molecule has 2 aromatic rings. The molecule has 2 fully saturated rings. The molecule has 0 atom stereocenters. The van der Waals surface area contributed by atoms with E-state index in [2.05, 4.69) is 38.7 Å². The van der Waals surface area contributed by atoms with Crippen LogP contribution in [0.5, 0.6) is 0 Å². The maximum atomic E-state index is 12.6. The lowest BCUT2D eigenvalue weighted by Crippen LogP contribution is -2.34. The molecule has 0 bridgehead atoms. The molecule has 1 aliphatic heterocycles. The fraction of sp³-hybridized carbons (Fsp3) is 0.571. The molecule has 6 nitrogen and oxygen atoms in total. The predicted molar refractivity (Wildman–Crippen MR) is 112 cm³/mol. The maximum absolute atomic E-state index is 12.6. The molecule has 1 aliphatic carbocycles. The number of piperidine rings is 1. The van der Waals surface area contributed by atoms with E-state index in [4.69, 9.17) is 0 Å². The molecule has 0 N–H and O–H groups in total. The average Bonchev–Trinajstić information content (AvgIpc) is 3.49. The van der Waals surface area contributed by atoms with Crippen LogP contribution < -0.4 is 0 Å². The Morgan fingerprint density at radius 3 is 2.57 bits per heavy atom. The molecule has 0 unspecified atom stereocenters. The first-order valence-electron chi connectivity index (χ1n) is 10.4.